The number of aliphatic hydroxyl groups is 1. The molecule has 9 aliphatic rings. The fraction of sp³-hybridized carbons (Fsp3) is 0.800. The van der Waals surface area contributed by atoms with Crippen molar-refractivity contribution in [1.82, 2.24) is 4.90 Å². The van der Waals surface area contributed by atoms with Crippen LogP contribution in [0.25, 0.3) is 0 Å². The first-order valence-electron chi connectivity index (χ1n) is 9.52. The molecule has 0 radical (unpaired) electrons. The van der Waals surface area contributed by atoms with Gasteiger partial charge >= 0.3 is 0 Å². The van der Waals surface area contributed by atoms with Crippen LogP contribution in [0.1, 0.15) is 32.6 Å². The van der Waals surface area contributed by atoms with Crippen LogP contribution in [0, 0.1) is 39.9 Å². The molecule has 0 aromatic carbocycles. The summed E-state index contributed by atoms with van der Waals surface area (Å²) in [5.41, 5.74) is 0.763. The maximum absolute atomic E-state index is 13.5. The minimum atomic E-state index is -0.567. The van der Waals surface area contributed by atoms with Gasteiger partial charge in [0.25, 0.3) is 0 Å². The van der Waals surface area contributed by atoms with Gasteiger partial charge in [-0.15, -0.1) is 0 Å². The van der Waals surface area contributed by atoms with Crippen molar-refractivity contribution in [3.8, 4) is 0 Å². The first kappa shape index (κ1) is 13.2. The molecule has 0 amide bonds. The van der Waals surface area contributed by atoms with Crippen molar-refractivity contribution >= 4 is 11.6 Å². The van der Waals surface area contributed by atoms with Crippen molar-refractivity contribution in [2.45, 2.75) is 50.8 Å². The van der Waals surface area contributed by atoms with E-state index in [1.165, 1.54) is 0 Å². The van der Waals surface area contributed by atoms with Gasteiger partial charge in [0.15, 0.2) is 0 Å². The Morgan fingerprint density at radius 2 is 2.04 bits per heavy atom. The fourth-order valence-electron chi connectivity index (χ4n) is 10.1. The zero-order valence-electron chi connectivity index (χ0n) is 14.0. The van der Waals surface area contributed by atoms with E-state index in [0.717, 1.165) is 25.0 Å². The molecule has 9 bridgehead atoms. The zero-order valence-corrected chi connectivity index (χ0v) is 14.0. The summed E-state index contributed by atoms with van der Waals surface area (Å²) in [6.07, 6.45) is 2.67. The van der Waals surface area contributed by atoms with Crippen LogP contribution in [0.3, 0.4) is 0 Å². The van der Waals surface area contributed by atoms with Crippen LogP contribution in [-0.4, -0.2) is 46.3 Å². The Kier molecular flexibility index (Phi) is 1.77. The monoisotopic (exact) mass is 325 g/mol. The lowest BCUT2D eigenvalue weighted by atomic mass is 9.40. The lowest BCUT2D eigenvalue weighted by Crippen LogP contribution is -2.66. The van der Waals surface area contributed by atoms with Gasteiger partial charge in [0, 0.05) is 48.7 Å². The molecule has 6 saturated carbocycles. The Morgan fingerprint density at radius 1 is 1.25 bits per heavy atom. The summed E-state index contributed by atoms with van der Waals surface area (Å²) < 4.78 is 0. The van der Waals surface area contributed by atoms with E-state index in [2.05, 4.69) is 18.4 Å². The molecule has 3 heterocycles. The third-order valence-electron chi connectivity index (χ3n) is 9.70. The second-order valence-electron chi connectivity index (χ2n) is 10.4. The SMILES string of the molecule is C=C1C[C@]23CC4C5[C@]6(C)CC(=O)C[C@]57C2C(=O)[C@H]1[C@H](O)[C@@H]3[C@@H]7N4C6. The second-order valence-corrected chi connectivity index (χ2v) is 10.4. The van der Waals surface area contributed by atoms with Gasteiger partial charge in [0.1, 0.15) is 11.6 Å². The zero-order chi connectivity index (χ0) is 16.4. The van der Waals surface area contributed by atoms with E-state index >= 15 is 0 Å². The molecule has 4 nitrogen and oxygen atoms in total. The second kappa shape index (κ2) is 3.21. The van der Waals surface area contributed by atoms with Crippen LogP contribution >= 0.6 is 0 Å². The predicted molar refractivity (Wildman–Crippen MR) is 84.8 cm³/mol. The molecule has 3 aliphatic heterocycles. The number of aliphatic hydroxyl groups excluding tert-OH is 1. The molecule has 2 spiro atoms. The summed E-state index contributed by atoms with van der Waals surface area (Å²) in [5, 5.41) is 11.1. The number of carbonyl (C=O) groups is 2. The minimum absolute atomic E-state index is 0.00836. The number of hydrogen-bond donors (Lipinski definition) is 1. The molecule has 9 fully saturated rings. The normalized spacial score (nSPS) is 70.0. The maximum atomic E-state index is 13.5. The van der Waals surface area contributed by atoms with Crippen LogP contribution < -0.4 is 0 Å². The van der Waals surface area contributed by atoms with Gasteiger partial charge in [0.2, 0.25) is 0 Å². The van der Waals surface area contributed by atoms with Crippen LogP contribution in [0.4, 0.5) is 0 Å². The minimum Gasteiger partial charge on any atom is -0.392 e. The first-order valence-corrected chi connectivity index (χ1v) is 9.52. The van der Waals surface area contributed by atoms with E-state index in [9.17, 15) is 14.7 Å². The average molecular weight is 325 g/mol. The van der Waals surface area contributed by atoms with Crippen molar-refractivity contribution in [2.75, 3.05) is 6.54 Å². The average Bonchev–Trinajstić information content (AvgIpc) is 2.88. The highest BCUT2D eigenvalue weighted by atomic mass is 16.3. The van der Waals surface area contributed by atoms with Crippen LogP contribution in [-0.2, 0) is 9.59 Å². The van der Waals surface area contributed by atoms with Crippen LogP contribution in [0.2, 0.25) is 0 Å². The highest BCUT2D eigenvalue weighted by Gasteiger charge is 2.90. The van der Waals surface area contributed by atoms with Gasteiger partial charge in [-0.05, 0) is 29.6 Å². The Balaban J connectivity index is 1.57. The molecule has 0 aromatic rings. The van der Waals surface area contributed by atoms with Gasteiger partial charge in [-0.3, -0.25) is 14.5 Å². The quantitative estimate of drug-likeness (QED) is 0.680. The Bertz CT molecular complexity index is 790. The summed E-state index contributed by atoms with van der Waals surface area (Å²) in [7, 11) is 0. The van der Waals surface area contributed by atoms with Gasteiger partial charge in [0.05, 0.1) is 12.0 Å². The molecule has 126 valence electrons. The van der Waals surface area contributed by atoms with Crippen molar-refractivity contribution in [2.24, 2.45) is 39.9 Å². The van der Waals surface area contributed by atoms with Crippen molar-refractivity contribution in [3.05, 3.63) is 12.2 Å². The van der Waals surface area contributed by atoms with Crippen molar-refractivity contribution < 1.29 is 14.7 Å². The number of rotatable bonds is 0. The Morgan fingerprint density at radius 3 is 2.83 bits per heavy atom. The van der Waals surface area contributed by atoms with Gasteiger partial charge in [-0.25, -0.2) is 0 Å². The van der Waals surface area contributed by atoms with Crippen LogP contribution in [0.5, 0.6) is 0 Å². The number of piperidine rings is 2. The molecule has 4 heteroatoms. The number of fused-ring (bicyclic) bond motifs is 1. The molecule has 6 aliphatic carbocycles. The summed E-state index contributed by atoms with van der Waals surface area (Å²) in [4.78, 5) is 28.9. The molecule has 3 saturated heterocycles. The highest BCUT2D eigenvalue weighted by Crippen LogP contribution is 2.86. The van der Waals surface area contributed by atoms with E-state index in [1.54, 1.807) is 0 Å². The first-order chi connectivity index (χ1) is 11.4. The van der Waals surface area contributed by atoms with E-state index in [4.69, 9.17) is 0 Å². The van der Waals surface area contributed by atoms with Gasteiger partial charge in [-0.1, -0.05) is 19.1 Å². The molecule has 9 rings (SSSR count). The smallest absolute Gasteiger partial charge is 0.146 e. The molecule has 4 unspecified atom stereocenters. The lowest BCUT2D eigenvalue weighted by molar-refractivity contribution is -0.174. The molecule has 1 N–H and O–H groups in total. The van der Waals surface area contributed by atoms with E-state index in [0.29, 0.717) is 30.6 Å². The van der Waals surface area contributed by atoms with E-state index in [1.807, 2.05) is 0 Å². The third kappa shape index (κ3) is 0.911. The summed E-state index contributed by atoms with van der Waals surface area (Å²) in [5.74, 6) is 0.920. The number of hydrogen-bond acceptors (Lipinski definition) is 4. The standard InChI is InChI=1S/C20H23NO3/c1-8-3-19-6-10-15-18(2)4-9(22)5-20(15)16(19)14(24)11(8)13(23)12(19)17(20)21(10)7-18/h10-13,15-17,23H,1,3-7H2,2H3/t10?,11-,12-,13+,15?,16?,17+,18-,19-,20-/m1/s1. The summed E-state index contributed by atoms with van der Waals surface area (Å²) in [6, 6.07) is 0.795. The Labute approximate surface area is 141 Å². The van der Waals surface area contributed by atoms with Gasteiger partial charge in [-0.2, -0.15) is 0 Å². The summed E-state index contributed by atoms with van der Waals surface area (Å²) >= 11 is 0. The predicted octanol–water partition coefficient (Wildman–Crippen LogP) is 1.18. The summed E-state index contributed by atoms with van der Waals surface area (Å²) in [6.45, 7) is 7.46. The van der Waals surface area contributed by atoms with Crippen molar-refractivity contribution in [3.63, 3.8) is 0 Å². The highest BCUT2D eigenvalue weighted by molar-refractivity contribution is 5.94. The van der Waals surface area contributed by atoms with E-state index in [-0.39, 0.29) is 45.8 Å². The van der Waals surface area contributed by atoms with Gasteiger partial charge < -0.3 is 5.11 Å². The number of nitrogens with zero attached hydrogens (tertiary/aromatic N) is 1. The molecule has 24 heavy (non-hydrogen) atoms. The number of Topliss-reactive ketones (excluding diaryl/α,β-unsaturated/α-hetero) is 2. The molecular formula is C20H23NO3. The topological polar surface area (TPSA) is 57.6 Å². The molecular weight excluding hydrogens is 302 g/mol. The van der Waals surface area contributed by atoms with E-state index < -0.39 is 6.10 Å². The molecule has 11 atom stereocenters. The largest absolute Gasteiger partial charge is 0.392 e. The Hall–Kier alpha value is -1.00. The van der Waals surface area contributed by atoms with Crippen molar-refractivity contribution in [1.29, 1.82) is 0 Å². The van der Waals surface area contributed by atoms with Crippen LogP contribution in [0.15, 0.2) is 12.2 Å². The molecule has 0 aromatic heterocycles. The number of carbonyl (C=O) groups excluding carboxylic acids is 2. The number of ketones is 2. The third-order valence-corrected chi connectivity index (χ3v) is 9.70. The maximum Gasteiger partial charge on any atom is 0.146 e. The lowest BCUT2D eigenvalue weighted by Gasteiger charge is -2.62. The fourth-order valence-corrected chi connectivity index (χ4v) is 10.1.